The van der Waals surface area contributed by atoms with E-state index in [1.54, 1.807) is 12.4 Å². The van der Waals surface area contributed by atoms with E-state index in [1.807, 2.05) is 41.3 Å². The number of carbonyl (C=O) groups is 1. The molecule has 23 heavy (non-hydrogen) atoms. The molecule has 120 valence electrons. The maximum Gasteiger partial charge on any atom is 0.317 e. The second kappa shape index (κ2) is 7.33. The Kier molecular flexibility index (Phi) is 4.98. The number of halogens is 1. The van der Waals surface area contributed by atoms with Crippen LogP contribution in [0, 0.1) is 0 Å². The van der Waals surface area contributed by atoms with Crippen molar-refractivity contribution in [2.75, 3.05) is 31.1 Å². The van der Waals surface area contributed by atoms with Crippen LogP contribution in [0.4, 0.5) is 10.5 Å². The summed E-state index contributed by atoms with van der Waals surface area (Å²) in [5, 5.41) is 3.68. The molecule has 1 aliphatic rings. The lowest BCUT2D eigenvalue weighted by Crippen LogP contribution is -2.51. The number of hydrogen-bond acceptors (Lipinski definition) is 3. The van der Waals surface area contributed by atoms with E-state index >= 15 is 0 Å². The maximum atomic E-state index is 12.2. The van der Waals surface area contributed by atoms with Gasteiger partial charge in [0.05, 0.1) is 0 Å². The second-order valence-electron chi connectivity index (χ2n) is 5.47. The minimum absolute atomic E-state index is 0.0235. The maximum absolute atomic E-state index is 12.2. The minimum Gasteiger partial charge on any atom is -0.368 e. The highest BCUT2D eigenvalue weighted by Gasteiger charge is 2.20. The van der Waals surface area contributed by atoms with Crippen LogP contribution in [0.25, 0.3) is 0 Å². The van der Waals surface area contributed by atoms with Crippen LogP contribution in [0.5, 0.6) is 0 Å². The van der Waals surface area contributed by atoms with Crippen molar-refractivity contribution in [1.29, 1.82) is 0 Å². The van der Waals surface area contributed by atoms with Crippen molar-refractivity contribution in [3.05, 3.63) is 59.4 Å². The first-order chi connectivity index (χ1) is 11.2. The van der Waals surface area contributed by atoms with Crippen LogP contribution in [0.15, 0.2) is 48.8 Å². The van der Waals surface area contributed by atoms with Gasteiger partial charge in [0.25, 0.3) is 0 Å². The van der Waals surface area contributed by atoms with Crippen molar-refractivity contribution in [2.24, 2.45) is 0 Å². The van der Waals surface area contributed by atoms with Crippen LogP contribution < -0.4 is 10.2 Å². The Morgan fingerprint density at radius 1 is 1.13 bits per heavy atom. The highest BCUT2D eigenvalue weighted by Crippen LogP contribution is 2.19. The Balaban J connectivity index is 1.48. The van der Waals surface area contributed by atoms with Gasteiger partial charge >= 0.3 is 6.03 Å². The highest BCUT2D eigenvalue weighted by molar-refractivity contribution is 6.30. The fourth-order valence-corrected chi connectivity index (χ4v) is 2.74. The van der Waals surface area contributed by atoms with E-state index in [0.717, 1.165) is 29.4 Å². The van der Waals surface area contributed by atoms with Gasteiger partial charge in [-0.15, -0.1) is 0 Å². The smallest absolute Gasteiger partial charge is 0.317 e. The average molecular weight is 331 g/mol. The Morgan fingerprint density at radius 3 is 2.52 bits per heavy atom. The summed E-state index contributed by atoms with van der Waals surface area (Å²) in [6, 6.07) is 11.6. The van der Waals surface area contributed by atoms with Crippen LogP contribution in [-0.2, 0) is 6.54 Å². The topological polar surface area (TPSA) is 48.5 Å². The first-order valence-corrected chi connectivity index (χ1v) is 8.02. The molecule has 1 aromatic heterocycles. The summed E-state index contributed by atoms with van der Waals surface area (Å²) in [5.74, 6) is 0. The zero-order valence-electron chi connectivity index (χ0n) is 12.8. The van der Waals surface area contributed by atoms with Crippen molar-refractivity contribution in [1.82, 2.24) is 15.2 Å². The molecule has 6 heteroatoms. The first-order valence-electron chi connectivity index (χ1n) is 7.64. The second-order valence-corrected chi connectivity index (χ2v) is 5.91. The van der Waals surface area contributed by atoms with Gasteiger partial charge in [0, 0.05) is 55.8 Å². The van der Waals surface area contributed by atoms with Gasteiger partial charge in [0.1, 0.15) is 0 Å². The highest BCUT2D eigenvalue weighted by atomic mass is 35.5. The van der Waals surface area contributed by atoms with Crippen molar-refractivity contribution in [3.8, 4) is 0 Å². The molecule has 1 fully saturated rings. The van der Waals surface area contributed by atoms with Crippen LogP contribution in [0.1, 0.15) is 5.56 Å². The van der Waals surface area contributed by atoms with E-state index in [1.165, 1.54) is 0 Å². The number of aromatic nitrogens is 1. The zero-order chi connectivity index (χ0) is 16.1. The monoisotopic (exact) mass is 330 g/mol. The Bertz CT molecular complexity index is 639. The number of hydrogen-bond donors (Lipinski definition) is 1. The molecule has 5 nitrogen and oxygen atoms in total. The fourth-order valence-electron chi connectivity index (χ4n) is 2.61. The molecule has 0 unspecified atom stereocenters. The third kappa shape index (κ3) is 4.13. The Morgan fingerprint density at radius 2 is 1.87 bits per heavy atom. The molecule has 2 amide bonds. The number of anilines is 1. The molecule has 0 saturated carbocycles. The summed E-state index contributed by atoms with van der Waals surface area (Å²) >= 11 is 5.92. The molecule has 1 N–H and O–H groups in total. The molecule has 0 bridgehead atoms. The third-order valence-electron chi connectivity index (χ3n) is 3.93. The predicted octanol–water partition coefficient (Wildman–Crippen LogP) is 2.77. The molecular formula is C17H19ClN4O. The van der Waals surface area contributed by atoms with E-state index in [0.29, 0.717) is 19.6 Å². The number of nitrogens with zero attached hydrogens (tertiary/aromatic N) is 3. The minimum atomic E-state index is -0.0235. The van der Waals surface area contributed by atoms with Gasteiger partial charge in [-0.1, -0.05) is 17.7 Å². The Hall–Kier alpha value is -2.27. The summed E-state index contributed by atoms with van der Waals surface area (Å²) < 4.78 is 0. The molecule has 0 radical (unpaired) electrons. The normalized spacial score (nSPS) is 14.7. The lowest BCUT2D eigenvalue weighted by molar-refractivity contribution is 0.194. The van der Waals surface area contributed by atoms with Gasteiger partial charge in [-0.05, 0) is 35.9 Å². The summed E-state index contributed by atoms with van der Waals surface area (Å²) in [4.78, 5) is 20.4. The third-order valence-corrected chi connectivity index (χ3v) is 4.18. The lowest BCUT2D eigenvalue weighted by Gasteiger charge is -2.36. The molecule has 0 aliphatic carbocycles. The van der Waals surface area contributed by atoms with Crippen LogP contribution >= 0.6 is 11.6 Å². The number of piperazine rings is 1. The van der Waals surface area contributed by atoms with Gasteiger partial charge in [-0.3, -0.25) is 4.98 Å². The standard InChI is InChI=1S/C17H19ClN4O/c18-15-3-5-16(6-4-15)21-8-10-22(11-9-21)17(23)20-13-14-2-1-7-19-12-14/h1-7,12H,8-11,13H2,(H,20,23). The van der Waals surface area contributed by atoms with Gasteiger partial charge < -0.3 is 15.1 Å². The molecule has 1 aromatic carbocycles. The molecule has 2 heterocycles. The Labute approximate surface area is 140 Å². The van der Waals surface area contributed by atoms with Crippen molar-refractivity contribution < 1.29 is 4.79 Å². The molecule has 1 saturated heterocycles. The van der Waals surface area contributed by atoms with Crippen molar-refractivity contribution in [3.63, 3.8) is 0 Å². The number of pyridine rings is 1. The van der Waals surface area contributed by atoms with Crippen LogP contribution in [0.2, 0.25) is 5.02 Å². The quantitative estimate of drug-likeness (QED) is 0.941. The number of nitrogens with one attached hydrogen (secondary N) is 1. The lowest BCUT2D eigenvalue weighted by atomic mass is 10.2. The van der Waals surface area contributed by atoms with Crippen molar-refractivity contribution >= 4 is 23.3 Å². The molecular weight excluding hydrogens is 312 g/mol. The predicted molar refractivity (Wildman–Crippen MR) is 91.7 cm³/mol. The average Bonchev–Trinajstić information content (AvgIpc) is 2.61. The summed E-state index contributed by atoms with van der Waals surface area (Å²) in [6.45, 7) is 3.57. The van der Waals surface area contributed by atoms with Crippen LogP contribution in [0.3, 0.4) is 0 Å². The van der Waals surface area contributed by atoms with E-state index in [9.17, 15) is 4.79 Å². The molecule has 3 rings (SSSR count). The number of benzene rings is 1. The van der Waals surface area contributed by atoms with Crippen molar-refractivity contribution in [2.45, 2.75) is 6.54 Å². The van der Waals surface area contributed by atoms with Gasteiger partial charge in [-0.25, -0.2) is 4.79 Å². The van der Waals surface area contributed by atoms with E-state index in [4.69, 9.17) is 11.6 Å². The van der Waals surface area contributed by atoms with E-state index < -0.39 is 0 Å². The number of rotatable bonds is 3. The van der Waals surface area contributed by atoms with Gasteiger partial charge in [0.15, 0.2) is 0 Å². The number of carbonyl (C=O) groups excluding carboxylic acids is 1. The van der Waals surface area contributed by atoms with E-state index in [2.05, 4.69) is 15.2 Å². The molecule has 0 atom stereocenters. The van der Waals surface area contributed by atoms with Crippen LogP contribution in [-0.4, -0.2) is 42.1 Å². The summed E-state index contributed by atoms with van der Waals surface area (Å²) in [7, 11) is 0. The summed E-state index contributed by atoms with van der Waals surface area (Å²) in [6.07, 6.45) is 3.49. The number of amides is 2. The summed E-state index contributed by atoms with van der Waals surface area (Å²) in [5.41, 5.74) is 2.14. The first kappa shape index (κ1) is 15.6. The largest absolute Gasteiger partial charge is 0.368 e. The van der Waals surface area contributed by atoms with E-state index in [-0.39, 0.29) is 6.03 Å². The van der Waals surface area contributed by atoms with Gasteiger partial charge in [-0.2, -0.15) is 0 Å². The fraction of sp³-hybridized carbons (Fsp3) is 0.294. The van der Waals surface area contributed by atoms with Gasteiger partial charge in [0.2, 0.25) is 0 Å². The zero-order valence-corrected chi connectivity index (χ0v) is 13.5. The SMILES string of the molecule is O=C(NCc1cccnc1)N1CCN(c2ccc(Cl)cc2)CC1. The molecule has 0 spiro atoms. The molecule has 2 aromatic rings. The molecule has 1 aliphatic heterocycles. The number of urea groups is 1.